The molecule has 0 bridgehead atoms. The van der Waals surface area contributed by atoms with Crippen molar-refractivity contribution in [1.82, 2.24) is 0 Å². The van der Waals surface area contributed by atoms with Crippen LogP contribution >= 0.6 is 0 Å². The highest BCUT2D eigenvalue weighted by molar-refractivity contribution is 6.18. The molecule has 0 saturated carbocycles. The van der Waals surface area contributed by atoms with Gasteiger partial charge in [-0.3, -0.25) is 19.3 Å². The van der Waals surface area contributed by atoms with Gasteiger partial charge in [0.2, 0.25) is 11.8 Å². The van der Waals surface area contributed by atoms with E-state index in [-0.39, 0.29) is 18.2 Å². The Hall–Kier alpha value is -4.13. The molecule has 0 fully saturated rings. The average Bonchev–Trinajstić information content (AvgIpc) is 2.80. The van der Waals surface area contributed by atoms with Crippen LogP contribution in [-0.4, -0.2) is 30.9 Å². The maximum Gasteiger partial charge on any atom is 0.259 e. The van der Waals surface area contributed by atoms with Gasteiger partial charge in [0.05, 0.1) is 24.9 Å². The number of hydrogen-bond donors (Lipinski definition) is 2. The Labute approximate surface area is 186 Å². The van der Waals surface area contributed by atoms with Gasteiger partial charge in [0, 0.05) is 11.3 Å². The minimum absolute atomic E-state index is 0.191. The number of rotatable bonds is 5. The van der Waals surface area contributed by atoms with Gasteiger partial charge in [0.15, 0.2) is 0 Å². The van der Waals surface area contributed by atoms with E-state index in [1.807, 2.05) is 19.1 Å². The smallest absolute Gasteiger partial charge is 0.259 e. The Morgan fingerprint density at radius 1 is 1.00 bits per heavy atom. The molecule has 7 nitrogen and oxygen atoms in total. The number of para-hydroxylation sites is 2. The van der Waals surface area contributed by atoms with Crippen molar-refractivity contribution in [2.45, 2.75) is 19.4 Å². The van der Waals surface area contributed by atoms with Crippen molar-refractivity contribution < 1.29 is 19.1 Å². The summed E-state index contributed by atoms with van der Waals surface area (Å²) >= 11 is 0. The molecule has 162 valence electrons. The van der Waals surface area contributed by atoms with Gasteiger partial charge >= 0.3 is 0 Å². The highest BCUT2D eigenvalue weighted by atomic mass is 16.5. The van der Waals surface area contributed by atoms with Crippen molar-refractivity contribution >= 4 is 34.8 Å². The van der Waals surface area contributed by atoms with E-state index < -0.39 is 11.9 Å². The molecule has 0 radical (unpaired) electrons. The number of hydrogen-bond acceptors (Lipinski definition) is 4. The summed E-state index contributed by atoms with van der Waals surface area (Å²) in [5.41, 5.74) is 2.94. The van der Waals surface area contributed by atoms with Crippen LogP contribution in [0.3, 0.4) is 0 Å². The van der Waals surface area contributed by atoms with Gasteiger partial charge in [-0.2, -0.15) is 0 Å². The maximum absolute atomic E-state index is 13.5. The molecule has 1 aliphatic heterocycles. The van der Waals surface area contributed by atoms with Gasteiger partial charge in [-0.1, -0.05) is 30.3 Å². The van der Waals surface area contributed by atoms with Crippen molar-refractivity contribution in [3.05, 3.63) is 83.9 Å². The highest BCUT2D eigenvalue weighted by Gasteiger charge is 2.38. The van der Waals surface area contributed by atoms with E-state index in [0.717, 1.165) is 5.56 Å². The number of aryl methyl sites for hydroxylation is 1. The summed E-state index contributed by atoms with van der Waals surface area (Å²) in [6.07, 6.45) is -0.191. The molecule has 3 aromatic rings. The van der Waals surface area contributed by atoms with Crippen molar-refractivity contribution in [1.29, 1.82) is 0 Å². The van der Waals surface area contributed by atoms with Crippen molar-refractivity contribution in [2.24, 2.45) is 0 Å². The number of benzene rings is 3. The summed E-state index contributed by atoms with van der Waals surface area (Å²) < 4.78 is 5.13. The zero-order valence-electron chi connectivity index (χ0n) is 17.8. The quantitative estimate of drug-likeness (QED) is 0.642. The summed E-state index contributed by atoms with van der Waals surface area (Å²) in [7, 11) is 1.56. The van der Waals surface area contributed by atoms with Gasteiger partial charge < -0.3 is 15.4 Å². The summed E-state index contributed by atoms with van der Waals surface area (Å²) in [5.74, 6) is -0.443. The second kappa shape index (κ2) is 8.93. The lowest BCUT2D eigenvalue weighted by molar-refractivity contribution is -0.122. The molecule has 7 heteroatoms. The first kappa shape index (κ1) is 21.1. The first-order valence-electron chi connectivity index (χ1n) is 10.2. The third kappa shape index (κ3) is 4.18. The molecule has 0 spiro atoms. The van der Waals surface area contributed by atoms with Gasteiger partial charge in [0.25, 0.3) is 5.91 Å². The third-order valence-electron chi connectivity index (χ3n) is 5.38. The van der Waals surface area contributed by atoms with Crippen LogP contribution in [0.1, 0.15) is 22.3 Å². The predicted octanol–water partition coefficient (Wildman–Crippen LogP) is 4.00. The van der Waals surface area contributed by atoms with Gasteiger partial charge in [0.1, 0.15) is 11.8 Å². The number of nitrogens with one attached hydrogen (secondary N) is 2. The molecule has 1 atom stereocenters. The molecule has 4 rings (SSSR count). The molecule has 0 aromatic heterocycles. The lowest BCUT2D eigenvalue weighted by Crippen LogP contribution is -2.52. The zero-order chi connectivity index (χ0) is 22.7. The number of ether oxygens (including phenoxy) is 1. The Kier molecular flexibility index (Phi) is 5.89. The molecular weight excluding hydrogens is 406 g/mol. The van der Waals surface area contributed by atoms with Crippen LogP contribution in [0.25, 0.3) is 0 Å². The number of nitrogens with zero attached hydrogens (tertiary/aromatic N) is 1. The molecule has 1 unspecified atom stereocenters. The normalized spacial score (nSPS) is 14.9. The fourth-order valence-electron chi connectivity index (χ4n) is 3.73. The third-order valence-corrected chi connectivity index (χ3v) is 5.38. The number of carbonyl (C=O) groups is 3. The Morgan fingerprint density at radius 2 is 1.69 bits per heavy atom. The van der Waals surface area contributed by atoms with Crippen LogP contribution in [0.5, 0.6) is 5.75 Å². The molecule has 3 aromatic carbocycles. The number of carbonyl (C=O) groups excluding carboxylic acids is 3. The van der Waals surface area contributed by atoms with Crippen LogP contribution in [0.2, 0.25) is 0 Å². The zero-order valence-corrected chi connectivity index (χ0v) is 17.8. The second-order valence-electron chi connectivity index (χ2n) is 7.49. The lowest BCUT2D eigenvalue weighted by atomic mass is 10.0. The van der Waals surface area contributed by atoms with E-state index in [2.05, 4.69) is 10.6 Å². The summed E-state index contributed by atoms with van der Waals surface area (Å²) in [5, 5.41) is 5.60. The lowest BCUT2D eigenvalue weighted by Gasteiger charge is -2.36. The fraction of sp³-hybridized carbons (Fsp3) is 0.160. The van der Waals surface area contributed by atoms with E-state index >= 15 is 0 Å². The van der Waals surface area contributed by atoms with E-state index in [1.54, 1.807) is 67.8 Å². The largest absolute Gasteiger partial charge is 0.497 e. The SMILES string of the molecule is COc1ccc(NC(=O)CC2C(=O)Nc3ccccc3N2C(=O)c2ccccc2C)cc1. The molecule has 1 heterocycles. The highest BCUT2D eigenvalue weighted by Crippen LogP contribution is 2.34. The minimum Gasteiger partial charge on any atom is -0.497 e. The monoisotopic (exact) mass is 429 g/mol. The summed E-state index contributed by atoms with van der Waals surface area (Å²) in [6, 6.07) is 20.2. The van der Waals surface area contributed by atoms with Gasteiger partial charge in [-0.15, -0.1) is 0 Å². The van der Waals surface area contributed by atoms with E-state index in [4.69, 9.17) is 4.74 Å². The van der Waals surface area contributed by atoms with Crippen LogP contribution in [0.4, 0.5) is 17.1 Å². The van der Waals surface area contributed by atoms with Crippen LogP contribution < -0.4 is 20.3 Å². The van der Waals surface area contributed by atoms with E-state index in [9.17, 15) is 14.4 Å². The number of fused-ring (bicyclic) bond motifs is 1. The summed E-state index contributed by atoms with van der Waals surface area (Å²) in [4.78, 5) is 40.7. The molecule has 0 saturated heterocycles. The van der Waals surface area contributed by atoms with Crippen molar-refractivity contribution in [3.63, 3.8) is 0 Å². The van der Waals surface area contributed by atoms with Crippen LogP contribution in [0, 0.1) is 6.92 Å². The molecule has 2 N–H and O–H groups in total. The molecule has 3 amide bonds. The van der Waals surface area contributed by atoms with Crippen LogP contribution in [0.15, 0.2) is 72.8 Å². The molecule has 1 aliphatic rings. The molecule has 0 aliphatic carbocycles. The number of amides is 3. The van der Waals surface area contributed by atoms with E-state index in [1.165, 1.54) is 4.90 Å². The number of anilines is 3. The number of methoxy groups -OCH3 is 1. The molecular formula is C25H23N3O4. The predicted molar refractivity (Wildman–Crippen MR) is 123 cm³/mol. The average molecular weight is 429 g/mol. The first-order valence-corrected chi connectivity index (χ1v) is 10.2. The second-order valence-corrected chi connectivity index (χ2v) is 7.49. The van der Waals surface area contributed by atoms with Crippen LogP contribution in [-0.2, 0) is 9.59 Å². The standard InChI is InChI=1S/C25H23N3O4/c1-16-7-3-4-8-19(16)25(31)28-21-10-6-5-9-20(21)27-24(30)22(28)15-23(29)26-17-11-13-18(32-2)14-12-17/h3-14,22H,15H2,1-2H3,(H,26,29)(H,27,30). The van der Waals surface area contributed by atoms with Crippen molar-refractivity contribution in [2.75, 3.05) is 22.6 Å². The van der Waals surface area contributed by atoms with Gasteiger partial charge in [-0.25, -0.2) is 0 Å². The Bertz CT molecular complexity index is 1170. The van der Waals surface area contributed by atoms with E-state index in [0.29, 0.717) is 28.4 Å². The molecule has 32 heavy (non-hydrogen) atoms. The van der Waals surface area contributed by atoms with Crippen molar-refractivity contribution in [3.8, 4) is 5.75 Å². The Morgan fingerprint density at radius 3 is 2.41 bits per heavy atom. The first-order chi connectivity index (χ1) is 15.5. The van der Waals surface area contributed by atoms with Gasteiger partial charge in [-0.05, 0) is 55.0 Å². The fourth-order valence-corrected chi connectivity index (χ4v) is 3.73. The minimum atomic E-state index is -0.991. The summed E-state index contributed by atoms with van der Waals surface area (Å²) in [6.45, 7) is 1.84. The topological polar surface area (TPSA) is 87.7 Å². The maximum atomic E-state index is 13.5. The Balaban J connectivity index is 1.64.